The lowest BCUT2D eigenvalue weighted by Crippen LogP contribution is -2.05. The number of phenolic OH excluding ortho intramolecular Hbond substituents is 1. The van der Waals surface area contributed by atoms with Gasteiger partial charge < -0.3 is 9.84 Å². The van der Waals surface area contributed by atoms with E-state index in [0.717, 1.165) is 0 Å². The van der Waals surface area contributed by atoms with Gasteiger partial charge in [0.05, 0.1) is 11.7 Å². The number of ether oxygens (including phenoxy) is 1. The Kier molecular flexibility index (Phi) is 2.76. The molecule has 1 N–H and O–H groups in total. The van der Waals surface area contributed by atoms with Crippen LogP contribution in [0.25, 0.3) is 0 Å². The largest absolute Gasteiger partial charge is 0.507 e. The third-order valence-corrected chi connectivity index (χ3v) is 1.46. The highest BCUT2D eigenvalue weighted by Crippen LogP contribution is 2.22. The minimum absolute atomic E-state index is 0.0152. The lowest BCUT2D eigenvalue weighted by atomic mass is 10.2. The maximum atomic E-state index is 9.19. The molecule has 0 aliphatic rings. The summed E-state index contributed by atoms with van der Waals surface area (Å²) >= 11 is 0. The summed E-state index contributed by atoms with van der Waals surface area (Å²) in [4.78, 5) is 0. The van der Waals surface area contributed by atoms with Crippen molar-refractivity contribution in [3.63, 3.8) is 0 Å². The standard InChI is InChI=1S/C10H11NO2/c1-7(2)13-9-3-4-10(12)8(5-9)6-11/h3-5,7,12H,1-2H3. The zero-order valence-corrected chi connectivity index (χ0v) is 7.61. The van der Waals surface area contributed by atoms with Crippen molar-refractivity contribution in [3.8, 4) is 17.6 Å². The zero-order chi connectivity index (χ0) is 9.84. The number of rotatable bonds is 2. The van der Waals surface area contributed by atoms with E-state index in [9.17, 15) is 5.11 Å². The van der Waals surface area contributed by atoms with E-state index in [0.29, 0.717) is 5.75 Å². The number of aromatic hydroxyl groups is 1. The molecule has 3 heteroatoms. The van der Waals surface area contributed by atoms with Gasteiger partial charge in [-0.25, -0.2) is 0 Å². The van der Waals surface area contributed by atoms with Crippen molar-refractivity contribution < 1.29 is 9.84 Å². The summed E-state index contributed by atoms with van der Waals surface area (Å²) < 4.78 is 5.35. The Bertz CT molecular complexity index is 339. The van der Waals surface area contributed by atoms with E-state index in [2.05, 4.69) is 0 Å². The molecule has 0 heterocycles. The van der Waals surface area contributed by atoms with E-state index < -0.39 is 0 Å². The maximum Gasteiger partial charge on any atom is 0.133 e. The molecule has 3 nitrogen and oxygen atoms in total. The summed E-state index contributed by atoms with van der Waals surface area (Å²) in [6.07, 6.45) is 0.0658. The summed E-state index contributed by atoms with van der Waals surface area (Å²) in [5.74, 6) is 0.586. The van der Waals surface area contributed by atoms with Crippen LogP contribution in [0, 0.1) is 11.3 Å². The predicted octanol–water partition coefficient (Wildman–Crippen LogP) is 2.05. The van der Waals surface area contributed by atoms with Crippen LogP contribution in [-0.2, 0) is 0 Å². The van der Waals surface area contributed by atoms with Gasteiger partial charge in [-0.05, 0) is 26.0 Å². The Morgan fingerprint density at radius 1 is 1.46 bits per heavy atom. The van der Waals surface area contributed by atoms with E-state index in [1.807, 2.05) is 19.9 Å². The number of nitrogens with zero attached hydrogens (tertiary/aromatic N) is 1. The Labute approximate surface area is 77.2 Å². The maximum absolute atomic E-state index is 9.19. The van der Waals surface area contributed by atoms with Gasteiger partial charge in [-0.2, -0.15) is 5.26 Å². The highest BCUT2D eigenvalue weighted by molar-refractivity contribution is 5.46. The van der Waals surface area contributed by atoms with Gasteiger partial charge in [0, 0.05) is 6.07 Å². The number of benzene rings is 1. The third kappa shape index (κ3) is 2.38. The molecule has 0 spiro atoms. The second-order valence-corrected chi connectivity index (χ2v) is 2.96. The fourth-order valence-corrected chi connectivity index (χ4v) is 0.950. The van der Waals surface area contributed by atoms with Crippen LogP contribution in [0.4, 0.5) is 0 Å². The van der Waals surface area contributed by atoms with Gasteiger partial charge in [0.25, 0.3) is 0 Å². The molecular formula is C10H11NO2. The molecule has 1 rings (SSSR count). The molecular weight excluding hydrogens is 166 g/mol. The Morgan fingerprint density at radius 2 is 2.15 bits per heavy atom. The number of nitriles is 1. The summed E-state index contributed by atoms with van der Waals surface area (Å²) in [6.45, 7) is 3.80. The molecule has 0 aliphatic carbocycles. The quantitative estimate of drug-likeness (QED) is 0.752. The lowest BCUT2D eigenvalue weighted by molar-refractivity contribution is 0.242. The van der Waals surface area contributed by atoms with Gasteiger partial charge in [0.2, 0.25) is 0 Å². The molecule has 68 valence electrons. The summed E-state index contributed by atoms with van der Waals surface area (Å²) in [7, 11) is 0. The Hall–Kier alpha value is -1.69. The van der Waals surface area contributed by atoms with E-state index in [1.54, 1.807) is 6.07 Å². The number of hydrogen-bond donors (Lipinski definition) is 1. The third-order valence-electron chi connectivity index (χ3n) is 1.46. The molecule has 0 aromatic heterocycles. The first-order chi connectivity index (χ1) is 6.13. The fourth-order valence-electron chi connectivity index (χ4n) is 0.950. The molecule has 0 atom stereocenters. The van der Waals surface area contributed by atoms with E-state index >= 15 is 0 Å². The Balaban J connectivity index is 2.95. The van der Waals surface area contributed by atoms with Crippen molar-refractivity contribution >= 4 is 0 Å². The SMILES string of the molecule is CC(C)Oc1ccc(O)c(C#N)c1. The molecule has 0 saturated heterocycles. The zero-order valence-electron chi connectivity index (χ0n) is 7.61. The average Bonchev–Trinajstić information content (AvgIpc) is 2.07. The van der Waals surface area contributed by atoms with E-state index in [4.69, 9.17) is 10.00 Å². The fraction of sp³-hybridized carbons (Fsp3) is 0.300. The van der Waals surface area contributed by atoms with Crippen LogP contribution in [0.1, 0.15) is 19.4 Å². The predicted molar refractivity (Wildman–Crippen MR) is 48.6 cm³/mol. The van der Waals surface area contributed by atoms with Crippen LogP contribution >= 0.6 is 0 Å². The molecule has 1 aromatic carbocycles. The molecule has 0 aliphatic heterocycles. The van der Waals surface area contributed by atoms with Crippen LogP contribution in [0.3, 0.4) is 0 Å². The van der Waals surface area contributed by atoms with Crippen LogP contribution in [0.5, 0.6) is 11.5 Å². The van der Waals surface area contributed by atoms with Crippen LogP contribution in [0.2, 0.25) is 0 Å². The molecule has 0 saturated carbocycles. The smallest absolute Gasteiger partial charge is 0.133 e. The highest BCUT2D eigenvalue weighted by atomic mass is 16.5. The van der Waals surface area contributed by atoms with Crippen molar-refractivity contribution in [2.45, 2.75) is 20.0 Å². The first-order valence-electron chi connectivity index (χ1n) is 4.03. The minimum Gasteiger partial charge on any atom is -0.507 e. The molecule has 0 amide bonds. The van der Waals surface area contributed by atoms with Gasteiger partial charge in [0.1, 0.15) is 17.6 Å². The van der Waals surface area contributed by atoms with Crippen molar-refractivity contribution in [2.75, 3.05) is 0 Å². The first-order valence-corrected chi connectivity index (χ1v) is 4.03. The van der Waals surface area contributed by atoms with Crippen LogP contribution in [-0.4, -0.2) is 11.2 Å². The van der Waals surface area contributed by atoms with Crippen molar-refractivity contribution in [1.29, 1.82) is 5.26 Å². The van der Waals surface area contributed by atoms with Gasteiger partial charge in [-0.3, -0.25) is 0 Å². The summed E-state index contributed by atoms with van der Waals surface area (Å²) in [6, 6.07) is 6.49. The van der Waals surface area contributed by atoms with Crippen molar-refractivity contribution in [2.24, 2.45) is 0 Å². The lowest BCUT2D eigenvalue weighted by Gasteiger charge is -2.09. The normalized spacial score (nSPS) is 9.69. The molecule has 0 bridgehead atoms. The van der Waals surface area contributed by atoms with Crippen molar-refractivity contribution in [1.82, 2.24) is 0 Å². The Morgan fingerprint density at radius 3 is 2.69 bits per heavy atom. The summed E-state index contributed by atoms with van der Waals surface area (Å²) in [5.41, 5.74) is 0.234. The van der Waals surface area contributed by atoms with Crippen molar-refractivity contribution in [3.05, 3.63) is 23.8 Å². The molecule has 0 fully saturated rings. The first kappa shape index (κ1) is 9.40. The van der Waals surface area contributed by atoms with Gasteiger partial charge in [-0.1, -0.05) is 0 Å². The number of phenols is 1. The molecule has 13 heavy (non-hydrogen) atoms. The van der Waals surface area contributed by atoms with Gasteiger partial charge >= 0.3 is 0 Å². The molecule has 1 aromatic rings. The summed E-state index contributed by atoms with van der Waals surface area (Å²) in [5, 5.41) is 17.8. The van der Waals surface area contributed by atoms with Crippen LogP contribution < -0.4 is 4.74 Å². The van der Waals surface area contributed by atoms with E-state index in [-0.39, 0.29) is 17.4 Å². The number of hydrogen-bond acceptors (Lipinski definition) is 3. The highest BCUT2D eigenvalue weighted by Gasteiger charge is 2.03. The van der Waals surface area contributed by atoms with Gasteiger partial charge in [-0.15, -0.1) is 0 Å². The van der Waals surface area contributed by atoms with Crippen LogP contribution in [0.15, 0.2) is 18.2 Å². The van der Waals surface area contributed by atoms with Gasteiger partial charge in [0.15, 0.2) is 0 Å². The minimum atomic E-state index is -0.0152. The monoisotopic (exact) mass is 177 g/mol. The molecule has 0 radical (unpaired) electrons. The topological polar surface area (TPSA) is 53.2 Å². The second-order valence-electron chi connectivity index (χ2n) is 2.96. The second kappa shape index (κ2) is 3.81. The van der Waals surface area contributed by atoms with E-state index in [1.165, 1.54) is 12.1 Å². The average molecular weight is 177 g/mol. The molecule has 0 unspecified atom stereocenters.